The highest BCUT2D eigenvalue weighted by molar-refractivity contribution is 5.01. The van der Waals surface area contributed by atoms with E-state index in [9.17, 15) is 0 Å². The van der Waals surface area contributed by atoms with E-state index in [1.165, 1.54) is 32.1 Å². The summed E-state index contributed by atoms with van der Waals surface area (Å²) in [7, 11) is 0. The van der Waals surface area contributed by atoms with Crippen LogP contribution in [0.4, 0.5) is 0 Å². The number of unbranched alkanes of at least 4 members (excludes halogenated alkanes) is 4. The lowest BCUT2D eigenvalue weighted by molar-refractivity contribution is 0.0214. The molecule has 0 bridgehead atoms. The summed E-state index contributed by atoms with van der Waals surface area (Å²) in [6.07, 6.45) is 11.9. The molecule has 0 fully saturated rings. The summed E-state index contributed by atoms with van der Waals surface area (Å²) in [5.41, 5.74) is 0. The zero-order valence-electron chi connectivity index (χ0n) is 9.11. The molecule has 0 saturated carbocycles. The number of ether oxygens (including phenoxy) is 1. The molecular formula is C12H22O2. The fraction of sp³-hybridized carbons (Fsp3) is 0.833. The van der Waals surface area contributed by atoms with E-state index in [1.54, 1.807) is 0 Å². The first-order valence-corrected chi connectivity index (χ1v) is 5.81. The first-order valence-electron chi connectivity index (χ1n) is 5.81. The van der Waals surface area contributed by atoms with Gasteiger partial charge in [-0.1, -0.05) is 51.2 Å². The Morgan fingerprint density at radius 2 is 1.79 bits per heavy atom. The maximum absolute atomic E-state index is 8.85. The molecule has 1 aliphatic rings. The largest absolute Gasteiger partial charge is 0.393 e. The molecule has 0 aromatic heterocycles. The van der Waals surface area contributed by atoms with Gasteiger partial charge in [0.25, 0.3) is 0 Å². The van der Waals surface area contributed by atoms with E-state index >= 15 is 0 Å². The van der Waals surface area contributed by atoms with Gasteiger partial charge in [-0.15, -0.1) is 0 Å². The standard InChI is InChI=1S/C12H22O2/c1-2-3-4-5-6-7-11-8-9-12(10-13)14-11/h8-9,11-13H,2-7,10H2,1H3. The highest BCUT2D eigenvalue weighted by atomic mass is 16.5. The van der Waals surface area contributed by atoms with Gasteiger partial charge >= 0.3 is 0 Å². The Hall–Kier alpha value is -0.340. The Balaban J connectivity index is 1.96. The van der Waals surface area contributed by atoms with Crippen LogP contribution in [0.25, 0.3) is 0 Å². The second kappa shape index (κ2) is 7.02. The van der Waals surface area contributed by atoms with E-state index in [0.717, 1.165) is 6.42 Å². The highest BCUT2D eigenvalue weighted by Gasteiger charge is 2.17. The molecule has 82 valence electrons. The second-order valence-electron chi connectivity index (χ2n) is 3.98. The van der Waals surface area contributed by atoms with Crippen LogP contribution in [0.15, 0.2) is 12.2 Å². The molecule has 1 heterocycles. The van der Waals surface area contributed by atoms with E-state index in [1.807, 2.05) is 6.08 Å². The summed E-state index contributed by atoms with van der Waals surface area (Å²) < 4.78 is 5.56. The maximum Gasteiger partial charge on any atom is 0.0995 e. The van der Waals surface area contributed by atoms with Crippen LogP contribution in [-0.4, -0.2) is 23.9 Å². The molecule has 1 aliphatic heterocycles. The van der Waals surface area contributed by atoms with E-state index < -0.39 is 0 Å². The lowest BCUT2D eigenvalue weighted by atomic mass is 10.1. The fourth-order valence-corrected chi connectivity index (χ4v) is 1.78. The molecule has 0 amide bonds. The predicted octanol–water partition coefficient (Wildman–Crippen LogP) is 2.66. The molecule has 2 heteroatoms. The summed E-state index contributed by atoms with van der Waals surface area (Å²) in [6, 6.07) is 0. The Bertz CT molecular complexity index is 166. The van der Waals surface area contributed by atoms with E-state index in [0.29, 0.717) is 0 Å². The van der Waals surface area contributed by atoms with Gasteiger partial charge in [0.2, 0.25) is 0 Å². The quantitative estimate of drug-likeness (QED) is 0.503. The van der Waals surface area contributed by atoms with Gasteiger partial charge in [-0.05, 0) is 6.42 Å². The Labute approximate surface area is 87.0 Å². The Morgan fingerprint density at radius 1 is 1.07 bits per heavy atom. The lowest BCUT2D eigenvalue weighted by Gasteiger charge is -2.11. The van der Waals surface area contributed by atoms with Crippen LogP contribution in [0.3, 0.4) is 0 Å². The summed E-state index contributed by atoms with van der Waals surface area (Å²) >= 11 is 0. The van der Waals surface area contributed by atoms with Crippen molar-refractivity contribution in [1.29, 1.82) is 0 Å². The molecule has 2 atom stereocenters. The third-order valence-corrected chi connectivity index (χ3v) is 2.66. The Kier molecular flexibility index (Phi) is 5.88. The summed E-state index contributed by atoms with van der Waals surface area (Å²) in [5.74, 6) is 0. The molecule has 1 N–H and O–H groups in total. The van der Waals surface area contributed by atoms with Gasteiger partial charge in [-0.3, -0.25) is 0 Å². The average molecular weight is 198 g/mol. The van der Waals surface area contributed by atoms with Gasteiger partial charge < -0.3 is 9.84 Å². The van der Waals surface area contributed by atoms with E-state index in [-0.39, 0.29) is 18.8 Å². The van der Waals surface area contributed by atoms with Crippen LogP contribution in [-0.2, 0) is 4.74 Å². The lowest BCUT2D eigenvalue weighted by Crippen LogP contribution is -2.15. The van der Waals surface area contributed by atoms with Gasteiger partial charge in [-0.25, -0.2) is 0 Å². The van der Waals surface area contributed by atoms with Gasteiger partial charge in [-0.2, -0.15) is 0 Å². The van der Waals surface area contributed by atoms with Gasteiger partial charge in [0.05, 0.1) is 18.8 Å². The summed E-state index contributed by atoms with van der Waals surface area (Å²) in [5, 5.41) is 8.85. The average Bonchev–Trinajstić information content (AvgIpc) is 2.65. The molecule has 14 heavy (non-hydrogen) atoms. The molecule has 0 aliphatic carbocycles. The minimum atomic E-state index is -0.0457. The summed E-state index contributed by atoms with van der Waals surface area (Å²) in [4.78, 5) is 0. The predicted molar refractivity (Wildman–Crippen MR) is 58.3 cm³/mol. The topological polar surface area (TPSA) is 29.5 Å². The SMILES string of the molecule is CCCCCCCC1C=CC(CO)O1. The third kappa shape index (κ3) is 4.25. The van der Waals surface area contributed by atoms with Crippen molar-refractivity contribution < 1.29 is 9.84 Å². The van der Waals surface area contributed by atoms with Crippen molar-refractivity contribution in [3.8, 4) is 0 Å². The molecule has 0 spiro atoms. The molecule has 2 unspecified atom stereocenters. The van der Waals surface area contributed by atoms with Crippen molar-refractivity contribution in [2.75, 3.05) is 6.61 Å². The minimum Gasteiger partial charge on any atom is -0.393 e. The van der Waals surface area contributed by atoms with Crippen LogP contribution in [0.2, 0.25) is 0 Å². The van der Waals surface area contributed by atoms with Crippen LogP contribution in [0.1, 0.15) is 45.4 Å². The monoisotopic (exact) mass is 198 g/mol. The van der Waals surface area contributed by atoms with Crippen LogP contribution < -0.4 is 0 Å². The fourth-order valence-electron chi connectivity index (χ4n) is 1.78. The van der Waals surface area contributed by atoms with Crippen molar-refractivity contribution in [3.05, 3.63) is 12.2 Å². The van der Waals surface area contributed by atoms with Crippen molar-refractivity contribution in [1.82, 2.24) is 0 Å². The molecule has 0 aromatic carbocycles. The molecule has 0 saturated heterocycles. The number of aliphatic hydroxyl groups excluding tert-OH is 1. The first-order chi connectivity index (χ1) is 6.86. The van der Waals surface area contributed by atoms with Gasteiger partial charge in [0.1, 0.15) is 0 Å². The van der Waals surface area contributed by atoms with E-state index in [4.69, 9.17) is 9.84 Å². The van der Waals surface area contributed by atoms with Crippen molar-refractivity contribution >= 4 is 0 Å². The third-order valence-electron chi connectivity index (χ3n) is 2.66. The zero-order chi connectivity index (χ0) is 10.2. The van der Waals surface area contributed by atoms with Crippen LogP contribution >= 0.6 is 0 Å². The van der Waals surface area contributed by atoms with Crippen LogP contribution in [0, 0.1) is 0 Å². The Morgan fingerprint density at radius 3 is 2.43 bits per heavy atom. The first kappa shape index (κ1) is 11.7. The zero-order valence-corrected chi connectivity index (χ0v) is 9.11. The molecular weight excluding hydrogens is 176 g/mol. The minimum absolute atomic E-state index is 0.0457. The normalized spacial score (nSPS) is 25.9. The second-order valence-corrected chi connectivity index (χ2v) is 3.98. The number of rotatable bonds is 7. The maximum atomic E-state index is 8.85. The van der Waals surface area contributed by atoms with Crippen molar-refractivity contribution in [3.63, 3.8) is 0 Å². The summed E-state index contributed by atoms with van der Waals surface area (Å²) in [6.45, 7) is 2.34. The van der Waals surface area contributed by atoms with E-state index in [2.05, 4.69) is 13.0 Å². The smallest absolute Gasteiger partial charge is 0.0995 e. The number of hydrogen-bond donors (Lipinski definition) is 1. The van der Waals surface area contributed by atoms with Crippen molar-refractivity contribution in [2.45, 2.75) is 57.7 Å². The van der Waals surface area contributed by atoms with Gasteiger partial charge in [0.15, 0.2) is 0 Å². The molecule has 0 radical (unpaired) electrons. The molecule has 1 rings (SSSR count). The van der Waals surface area contributed by atoms with Crippen molar-refractivity contribution in [2.24, 2.45) is 0 Å². The molecule has 0 aromatic rings. The molecule has 2 nitrogen and oxygen atoms in total. The number of hydrogen-bond acceptors (Lipinski definition) is 2. The number of aliphatic hydroxyl groups is 1. The van der Waals surface area contributed by atoms with Gasteiger partial charge in [0, 0.05) is 0 Å². The van der Waals surface area contributed by atoms with Crippen LogP contribution in [0.5, 0.6) is 0 Å². The highest BCUT2D eigenvalue weighted by Crippen LogP contribution is 2.17.